The molecule has 0 saturated carbocycles. The monoisotopic (exact) mass is 263 g/mol. The molecule has 1 fully saturated rings. The van der Waals surface area contributed by atoms with Crippen molar-refractivity contribution in [3.8, 4) is 0 Å². The lowest BCUT2D eigenvalue weighted by molar-refractivity contribution is 0.0754. The molecule has 1 heterocycles. The molecule has 1 saturated heterocycles. The van der Waals surface area contributed by atoms with Gasteiger partial charge in [0.2, 0.25) is 0 Å². The van der Waals surface area contributed by atoms with Gasteiger partial charge < -0.3 is 4.90 Å². The highest BCUT2D eigenvalue weighted by atomic mass is 32.1. The summed E-state index contributed by atoms with van der Waals surface area (Å²) in [7, 11) is 0. The average molecular weight is 263 g/mol. The van der Waals surface area contributed by atoms with Crippen molar-refractivity contribution in [3.05, 3.63) is 29.8 Å². The third-order valence-corrected chi connectivity index (χ3v) is 4.15. The molecule has 0 aliphatic carbocycles. The van der Waals surface area contributed by atoms with E-state index in [-0.39, 0.29) is 5.91 Å². The molecule has 0 atom stereocenters. The topological polar surface area (TPSA) is 20.3 Å². The third-order valence-electron chi connectivity index (χ3n) is 3.76. The summed E-state index contributed by atoms with van der Waals surface area (Å²) in [5.74, 6) is 0.123. The fourth-order valence-electron chi connectivity index (χ4n) is 2.45. The number of likely N-dealkylation sites (tertiary alicyclic amines) is 1. The van der Waals surface area contributed by atoms with Crippen molar-refractivity contribution in [1.29, 1.82) is 0 Å². The molecule has 0 bridgehead atoms. The van der Waals surface area contributed by atoms with Gasteiger partial charge in [-0.1, -0.05) is 26.0 Å². The minimum atomic E-state index is 0.123. The second-order valence-corrected chi connectivity index (χ2v) is 6.31. The fourth-order valence-corrected chi connectivity index (χ4v) is 2.71. The Labute approximate surface area is 115 Å². The average Bonchev–Trinajstić information content (AvgIpc) is 2.50. The van der Waals surface area contributed by atoms with Gasteiger partial charge in [0.1, 0.15) is 0 Å². The Balaban J connectivity index is 2.13. The van der Waals surface area contributed by atoms with Gasteiger partial charge >= 0.3 is 0 Å². The molecule has 1 aromatic rings. The van der Waals surface area contributed by atoms with Gasteiger partial charge in [-0.2, -0.15) is 0 Å². The first-order valence-corrected chi connectivity index (χ1v) is 7.02. The minimum Gasteiger partial charge on any atom is -0.339 e. The standard InChI is InChI=1S/C15H21NOS/c1-15(2)8-5-10-16(11-9-15)14(17)12-6-3-4-7-13(12)18/h3-4,6-7,18H,5,8-11H2,1-2H3. The van der Waals surface area contributed by atoms with Crippen LogP contribution in [0.4, 0.5) is 0 Å². The van der Waals surface area contributed by atoms with Crippen LogP contribution in [-0.4, -0.2) is 23.9 Å². The van der Waals surface area contributed by atoms with E-state index in [9.17, 15) is 4.79 Å². The summed E-state index contributed by atoms with van der Waals surface area (Å²) >= 11 is 4.37. The van der Waals surface area contributed by atoms with Crippen molar-refractivity contribution in [2.24, 2.45) is 5.41 Å². The van der Waals surface area contributed by atoms with Crippen molar-refractivity contribution in [1.82, 2.24) is 4.90 Å². The SMILES string of the molecule is CC1(C)CCCN(C(=O)c2ccccc2S)CC1. The fraction of sp³-hybridized carbons (Fsp3) is 0.533. The molecular weight excluding hydrogens is 242 g/mol. The van der Waals surface area contributed by atoms with E-state index in [0.717, 1.165) is 36.4 Å². The van der Waals surface area contributed by atoms with E-state index in [1.54, 1.807) is 0 Å². The number of amides is 1. The molecule has 0 spiro atoms. The lowest BCUT2D eigenvalue weighted by Crippen LogP contribution is -2.32. The number of nitrogens with zero attached hydrogens (tertiary/aromatic N) is 1. The lowest BCUT2D eigenvalue weighted by atomic mass is 9.85. The van der Waals surface area contributed by atoms with E-state index in [1.165, 1.54) is 6.42 Å². The second-order valence-electron chi connectivity index (χ2n) is 5.83. The highest BCUT2D eigenvalue weighted by Gasteiger charge is 2.26. The molecule has 0 radical (unpaired) electrons. The molecule has 0 aromatic heterocycles. The van der Waals surface area contributed by atoms with Crippen LogP contribution in [0.25, 0.3) is 0 Å². The number of carbonyl (C=O) groups excluding carboxylic acids is 1. The Morgan fingerprint density at radius 3 is 2.67 bits per heavy atom. The van der Waals surface area contributed by atoms with E-state index in [2.05, 4.69) is 26.5 Å². The second kappa shape index (κ2) is 5.35. The molecule has 3 heteroatoms. The maximum Gasteiger partial charge on any atom is 0.254 e. The Kier molecular flexibility index (Phi) is 4.00. The summed E-state index contributed by atoms with van der Waals surface area (Å²) in [4.78, 5) is 15.2. The largest absolute Gasteiger partial charge is 0.339 e. The Morgan fingerprint density at radius 1 is 1.22 bits per heavy atom. The van der Waals surface area contributed by atoms with E-state index < -0.39 is 0 Å². The number of rotatable bonds is 1. The van der Waals surface area contributed by atoms with Crippen LogP contribution in [-0.2, 0) is 0 Å². The summed E-state index contributed by atoms with van der Waals surface area (Å²) < 4.78 is 0. The number of hydrogen-bond donors (Lipinski definition) is 1. The maximum absolute atomic E-state index is 12.5. The van der Waals surface area contributed by atoms with Crippen molar-refractivity contribution in [2.45, 2.75) is 38.0 Å². The van der Waals surface area contributed by atoms with Gasteiger partial charge in [-0.15, -0.1) is 12.6 Å². The molecule has 18 heavy (non-hydrogen) atoms. The molecule has 2 nitrogen and oxygen atoms in total. The van der Waals surface area contributed by atoms with Crippen LogP contribution < -0.4 is 0 Å². The Hall–Kier alpha value is -0.960. The summed E-state index contributed by atoms with van der Waals surface area (Å²) in [5.41, 5.74) is 1.08. The smallest absolute Gasteiger partial charge is 0.254 e. The zero-order chi connectivity index (χ0) is 13.2. The van der Waals surface area contributed by atoms with Crippen LogP contribution in [0.1, 0.15) is 43.5 Å². The van der Waals surface area contributed by atoms with Crippen molar-refractivity contribution in [3.63, 3.8) is 0 Å². The van der Waals surface area contributed by atoms with Gasteiger partial charge in [-0.25, -0.2) is 0 Å². The predicted molar refractivity (Wildman–Crippen MR) is 77.2 cm³/mol. The van der Waals surface area contributed by atoms with Crippen LogP contribution in [0.2, 0.25) is 0 Å². The highest BCUT2D eigenvalue weighted by Crippen LogP contribution is 2.30. The van der Waals surface area contributed by atoms with Crippen LogP contribution in [0.5, 0.6) is 0 Å². The summed E-state index contributed by atoms with van der Waals surface area (Å²) in [5, 5.41) is 0. The molecule has 0 N–H and O–H groups in total. The number of thiol groups is 1. The van der Waals surface area contributed by atoms with Gasteiger partial charge in [0, 0.05) is 18.0 Å². The third kappa shape index (κ3) is 3.08. The lowest BCUT2D eigenvalue weighted by Gasteiger charge is -2.23. The zero-order valence-corrected chi connectivity index (χ0v) is 12.0. The normalized spacial score (nSPS) is 19.4. The molecular formula is C15H21NOS. The summed E-state index contributed by atoms with van der Waals surface area (Å²) in [6.45, 7) is 6.29. The minimum absolute atomic E-state index is 0.123. The molecule has 1 amide bonds. The van der Waals surface area contributed by atoms with E-state index in [0.29, 0.717) is 5.41 Å². The van der Waals surface area contributed by atoms with Gasteiger partial charge in [-0.05, 0) is 36.8 Å². The molecule has 2 rings (SSSR count). The number of benzene rings is 1. The van der Waals surface area contributed by atoms with Crippen LogP contribution >= 0.6 is 12.6 Å². The summed E-state index contributed by atoms with van der Waals surface area (Å²) in [6.07, 6.45) is 3.36. The molecule has 0 unspecified atom stereocenters. The Morgan fingerprint density at radius 2 is 1.94 bits per heavy atom. The molecule has 1 aliphatic heterocycles. The van der Waals surface area contributed by atoms with Crippen molar-refractivity contribution in [2.75, 3.05) is 13.1 Å². The first kappa shape index (κ1) is 13.5. The van der Waals surface area contributed by atoms with Crippen LogP contribution in [0.15, 0.2) is 29.2 Å². The molecule has 98 valence electrons. The number of hydrogen-bond acceptors (Lipinski definition) is 2. The van der Waals surface area contributed by atoms with Crippen molar-refractivity contribution < 1.29 is 4.79 Å². The first-order chi connectivity index (χ1) is 8.49. The first-order valence-electron chi connectivity index (χ1n) is 6.57. The van der Waals surface area contributed by atoms with Gasteiger partial charge in [0.25, 0.3) is 5.91 Å². The zero-order valence-electron chi connectivity index (χ0n) is 11.1. The molecule has 1 aromatic carbocycles. The van der Waals surface area contributed by atoms with E-state index in [4.69, 9.17) is 0 Å². The number of carbonyl (C=O) groups is 1. The van der Waals surface area contributed by atoms with E-state index in [1.807, 2.05) is 29.2 Å². The van der Waals surface area contributed by atoms with Crippen LogP contribution in [0, 0.1) is 5.41 Å². The quantitative estimate of drug-likeness (QED) is 0.767. The molecule has 1 aliphatic rings. The van der Waals surface area contributed by atoms with Gasteiger partial charge in [0.15, 0.2) is 0 Å². The van der Waals surface area contributed by atoms with Crippen LogP contribution in [0.3, 0.4) is 0 Å². The highest BCUT2D eigenvalue weighted by molar-refractivity contribution is 7.80. The predicted octanol–water partition coefficient (Wildman–Crippen LogP) is 3.63. The summed E-state index contributed by atoms with van der Waals surface area (Å²) in [6, 6.07) is 7.54. The van der Waals surface area contributed by atoms with Crippen molar-refractivity contribution >= 4 is 18.5 Å². The van der Waals surface area contributed by atoms with E-state index >= 15 is 0 Å². The Bertz CT molecular complexity index is 442. The van der Waals surface area contributed by atoms with Gasteiger partial charge in [-0.3, -0.25) is 4.79 Å². The van der Waals surface area contributed by atoms with Gasteiger partial charge in [0.05, 0.1) is 5.56 Å². The maximum atomic E-state index is 12.5.